The molecule has 1 aliphatic heterocycles. The third kappa shape index (κ3) is 3.86. The van der Waals surface area contributed by atoms with Crippen molar-refractivity contribution in [2.24, 2.45) is 0 Å². The molecule has 3 rings (SSSR count). The van der Waals surface area contributed by atoms with Crippen molar-refractivity contribution < 1.29 is 8.42 Å². The molecule has 0 radical (unpaired) electrons. The zero-order valence-electron chi connectivity index (χ0n) is 11.8. The van der Waals surface area contributed by atoms with Crippen molar-refractivity contribution in [1.82, 2.24) is 24.8 Å². The zero-order valence-corrected chi connectivity index (χ0v) is 12.6. The van der Waals surface area contributed by atoms with Gasteiger partial charge >= 0.3 is 10.2 Å². The van der Waals surface area contributed by atoms with E-state index in [1.165, 1.54) is 29.5 Å². The third-order valence-electron chi connectivity index (χ3n) is 3.80. The van der Waals surface area contributed by atoms with Crippen LogP contribution >= 0.6 is 0 Å². The van der Waals surface area contributed by atoms with Gasteiger partial charge in [0.15, 0.2) is 0 Å². The molecular weight excluding hydrogens is 292 g/mol. The number of nitrogens with one attached hydrogen (secondary N) is 2. The number of hydrogen-bond acceptors (Lipinski definition) is 6. The van der Waals surface area contributed by atoms with Crippen LogP contribution in [-0.4, -0.2) is 53.1 Å². The lowest BCUT2D eigenvalue weighted by Crippen LogP contribution is -2.50. The van der Waals surface area contributed by atoms with Crippen LogP contribution in [0.3, 0.4) is 0 Å². The molecule has 1 saturated heterocycles. The van der Waals surface area contributed by atoms with E-state index in [1.54, 1.807) is 0 Å². The Morgan fingerprint density at radius 1 is 1.24 bits per heavy atom. The highest BCUT2D eigenvalue weighted by Crippen LogP contribution is 2.23. The summed E-state index contributed by atoms with van der Waals surface area (Å²) in [6.07, 6.45) is 8.03. The number of hydrogen-bond donors (Lipinski definition) is 2. The van der Waals surface area contributed by atoms with Gasteiger partial charge in [-0.25, -0.2) is 9.71 Å². The van der Waals surface area contributed by atoms with E-state index in [2.05, 4.69) is 25.2 Å². The fraction of sp³-hybridized carbons (Fsp3) is 0.750. The van der Waals surface area contributed by atoms with E-state index < -0.39 is 10.2 Å². The van der Waals surface area contributed by atoms with E-state index in [0.29, 0.717) is 19.1 Å². The summed E-state index contributed by atoms with van der Waals surface area (Å²) >= 11 is 0. The van der Waals surface area contributed by atoms with Gasteiger partial charge in [0, 0.05) is 25.2 Å². The molecule has 1 aromatic heterocycles. The Hall–Kier alpha value is -1.32. The lowest BCUT2D eigenvalue weighted by atomic mass is 10.1. The monoisotopic (exact) mass is 312 g/mol. The molecule has 0 amide bonds. The Morgan fingerprint density at radius 3 is 2.81 bits per heavy atom. The summed E-state index contributed by atoms with van der Waals surface area (Å²) in [4.78, 5) is 3.86. The second kappa shape index (κ2) is 6.20. The Kier molecular flexibility index (Phi) is 4.32. The number of piperidine rings is 1. The highest BCUT2D eigenvalue weighted by Gasteiger charge is 2.34. The molecule has 0 bridgehead atoms. The molecule has 1 aromatic rings. The van der Waals surface area contributed by atoms with Gasteiger partial charge in [0.25, 0.3) is 5.95 Å². The van der Waals surface area contributed by atoms with Crippen LogP contribution in [-0.2, 0) is 10.2 Å². The third-order valence-corrected chi connectivity index (χ3v) is 5.34. The molecule has 21 heavy (non-hydrogen) atoms. The Labute approximate surface area is 124 Å². The van der Waals surface area contributed by atoms with Crippen molar-refractivity contribution >= 4 is 16.2 Å². The molecule has 2 aliphatic rings. The minimum absolute atomic E-state index is 0.00600. The van der Waals surface area contributed by atoms with Crippen molar-refractivity contribution in [3.8, 4) is 0 Å². The molecule has 2 fully saturated rings. The maximum Gasteiger partial charge on any atom is 0.304 e. The summed E-state index contributed by atoms with van der Waals surface area (Å²) in [6, 6.07) is 0.569. The lowest BCUT2D eigenvalue weighted by molar-refractivity contribution is 0.246. The molecule has 1 atom stereocenters. The van der Waals surface area contributed by atoms with Crippen LogP contribution in [0.5, 0.6) is 0 Å². The molecule has 9 heteroatoms. The minimum atomic E-state index is -3.63. The van der Waals surface area contributed by atoms with Gasteiger partial charge in [0.05, 0.1) is 12.4 Å². The van der Waals surface area contributed by atoms with E-state index >= 15 is 0 Å². The molecule has 0 aromatic carbocycles. The number of rotatable bonds is 6. The molecule has 116 valence electrons. The largest absolute Gasteiger partial charge is 0.312 e. The van der Waals surface area contributed by atoms with E-state index in [-0.39, 0.29) is 12.0 Å². The smallest absolute Gasteiger partial charge is 0.304 e. The average Bonchev–Trinajstić information content (AvgIpc) is 3.30. The number of anilines is 1. The van der Waals surface area contributed by atoms with E-state index in [4.69, 9.17) is 0 Å². The highest BCUT2D eigenvalue weighted by atomic mass is 32.2. The second-order valence-electron chi connectivity index (χ2n) is 5.52. The molecule has 1 saturated carbocycles. The van der Waals surface area contributed by atoms with Crippen LogP contribution in [0.15, 0.2) is 12.4 Å². The second-order valence-corrected chi connectivity index (χ2v) is 7.14. The first-order valence-corrected chi connectivity index (χ1v) is 8.76. The molecule has 1 unspecified atom stereocenters. The molecule has 1 aliphatic carbocycles. The van der Waals surface area contributed by atoms with Gasteiger partial charge in [-0.3, -0.25) is 0 Å². The van der Waals surface area contributed by atoms with Crippen LogP contribution in [0.2, 0.25) is 0 Å². The summed E-state index contributed by atoms with van der Waals surface area (Å²) in [5, 5.41) is 10.7. The van der Waals surface area contributed by atoms with Gasteiger partial charge < -0.3 is 5.32 Å². The standard InChI is InChI=1S/C12H20N6O2S/c19-21(20,17-12-13-6-7-15-16-12)18-8-2-1-3-11(18)9-14-10-4-5-10/h6-7,10-11,14H,1-5,8-9H2,(H,13,16,17). The molecule has 8 nitrogen and oxygen atoms in total. The van der Waals surface area contributed by atoms with Crippen LogP contribution in [0.4, 0.5) is 5.95 Å². The molecule has 0 spiro atoms. The van der Waals surface area contributed by atoms with Crippen molar-refractivity contribution in [3.63, 3.8) is 0 Å². The zero-order chi connectivity index (χ0) is 14.7. The van der Waals surface area contributed by atoms with Gasteiger partial charge in [-0.1, -0.05) is 6.42 Å². The van der Waals surface area contributed by atoms with Gasteiger partial charge in [0.2, 0.25) is 0 Å². The summed E-state index contributed by atoms with van der Waals surface area (Å²) in [5.41, 5.74) is 0. The van der Waals surface area contributed by atoms with Gasteiger partial charge in [-0.2, -0.15) is 17.8 Å². The quantitative estimate of drug-likeness (QED) is 0.775. The fourth-order valence-electron chi connectivity index (χ4n) is 2.55. The van der Waals surface area contributed by atoms with Crippen LogP contribution in [0.1, 0.15) is 32.1 Å². The summed E-state index contributed by atoms with van der Waals surface area (Å²) < 4.78 is 28.9. The van der Waals surface area contributed by atoms with Crippen LogP contribution < -0.4 is 10.0 Å². The topological polar surface area (TPSA) is 100 Å². The molecular formula is C12H20N6O2S. The average molecular weight is 312 g/mol. The Morgan fingerprint density at radius 2 is 2.10 bits per heavy atom. The van der Waals surface area contributed by atoms with Crippen LogP contribution in [0.25, 0.3) is 0 Å². The van der Waals surface area contributed by atoms with Crippen molar-refractivity contribution in [1.29, 1.82) is 0 Å². The predicted molar refractivity (Wildman–Crippen MR) is 77.7 cm³/mol. The Bertz CT molecular complexity index is 562. The van der Waals surface area contributed by atoms with Crippen LogP contribution in [0, 0.1) is 0 Å². The Balaban J connectivity index is 1.68. The van der Waals surface area contributed by atoms with E-state index in [1.807, 2.05) is 0 Å². The number of aromatic nitrogens is 3. The van der Waals surface area contributed by atoms with Crippen molar-refractivity contribution in [3.05, 3.63) is 12.4 Å². The lowest BCUT2D eigenvalue weighted by Gasteiger charge is -2.34. The fourth-order valence-corrected chi connectivity index (χ4v) is 3.94. The normalized spacial score (nSPS) is 23.9. The summed E-state index contributed by atoms with van der Waals surface area (Å²) in [6.45, 7) is 1.24. The van der Waals surface area contributed by atoms with E-state index in [0.717, 1.165) is 19.3 Å². The van der Waals surface area contributed by atoms with Crippen molar-refractivity contribution in [2.45, 2.75) is 44.2 Å². The maximum absolute atomic E-state index is 12.5. The predicted octanol–water partition coefficient (Wildman–Crippen LogP) is 0.135. The minimum Gasteiger partial charge on any atom is -0.312 e. The van der Waals surface area contributed by atoms with Gasteiger partial charge in [-0.15, -0.1) is 5.10 Å². The van der Waals surface area contributed by atoms with Gasteiger partial charge in [0.1, 0.15) is 0 Å². The maximum atomic E-state index is 12.5. The first kappa shape index (κ1) is 14.6. The van der Waals surface area contributed by atoms with E-state index in [9.17, 15) is 8.42 Å². The molecule has 2 heterocycles. The highest BCUT2D eigenvalue weighted by molar-refractivity contribution is 7.90. The molecule has 2 N–H and O–H groups in total. The first-order valence-electron chi connectivity index (χ1n) is 7.32. The summed E-state index contributed by atoms with van der Waals surface area (Å²) in [5.74, 6) is 0.0111. The van der Waals surface area contributed by atoms with Gasteiger partial charge in [-0.05, 0) is 25.7 Å². The summed E-state index contributed by atoms with van der Waals surface area (Å²) in [7, 11) is -3.63. The number of nitrogens with zero attached hydrogens (tertiary/aromatic N) is 4. The first-order chi connectivity index (χ1) is 10.1. The van der Waals surface area contributed by atoms with Crippen molar-refractivity contribution in [2.75, 3.05) is 17.8 Å². The SMILES string of the molecule is O=S(=O)(Nc1nccnn1)N1CCCCC1CNC1CC1.